The summed E-state index contributed by atoms with van der Waals surface area (Å²) in [4.78, 5) is 23.5. The van der Waals surface area contributed by atoms with Crippen LogP contribution in [0, 0.1) is 5.41 Å². The second-order valence-corrected chi connectivity index (χ2v) is 6.02. The Kier molecular flexibility index (Phi) is 6.13. The number of carbonyl (C=O) groups excluding carboxylic acids is 1. The summed E-state index contributed by atoms with van der Waals surface area (Å²) >= 11 is 0. The number of unbranched alkanes of at least 4 members (excludes halogenated alkanes) is 2. The fourth-order valence-electron chi connectivity index (χ4n) is 2.60. The van der Waals surface area contributed by atoms with Crippen molar-refractivity contribution in [2.24, 2.45) is 5.41 Å². The van der Waals surface area contributed by atoms with E-state index >= 15 is 0 Å². The fraction of sp³-hybridized carbons (Fsp3) is 0.556. The van der Waals surface area contributed by atoms with Crippen LogP contribution in [0.15, 0.2) is 34.9 Å². The summed E-state index contributed by atoms with van der Waals surface area (Å²) in [5.74, 6) is -0.803. The average molecular weight is 290 g/mol. The minimum atomic E-state index is -0.960. The van der Waals surface area contributed by atoms with Gasteiger partial charge in [0.25, 0.3) is 0 Å². The molecule has 0 saturated carbocycles. The van der Waals surface area contributed by atoms with Crippen molar-refractivity contribution in [2.75, 3.05) is 0 Å². The number of carbonyl (C=O) groups is 2. The van der Waals surface area contributed by atoms with Gasteiger partial charge in [0.05, 0.1) is 5.41 Å². The van der Waals surface area contributed by atoms with Gasteiger partial charge in [0, 0.05) is 6.42 Å². The quantitative estimate of drug-likeness (QED) is 0.581. The van der Waals surface area contributed by atoms with E-state index in [1.165, 1.54) is 0 Å². The molecule has 0 aromatic heterocycles. The number of allylic oxidation sites excluding steroid dienone is 5. The summed E-state index contributed by atoms with van der Waals surface area (Å²) in [7, 11) is 0. The first-order chi connectivity index (χ1) is 9.82. The Morgan fingerprint density at radius 2 is 2.10 bits per heavy atom. The molecule has 1 N–H and O–H groups in total. The Morgan fingerprint density at radius 1 is 1.43 bits per heavy atom. The van der Waals surface area contributed by atoms with E-state index in [0.717, 1.165) is 24.8 Å². The molecular weight excluding hydrogens is 264 g/mol. The number of aliphatic carboxylic acids is 1. The maximum absolute atomic E-state index is 11.9. The van der Waals surface area contributed by atoms with E-state index in [0.29, 0.717) is 24.0 Å². The molecule has 0 unspecified atom stereocenters. The SMILES string of the molecule is CCCC/C=C(C)/C=C/C1=C(C)C(=O)CC[C@]1(C)C(=O)O. The van der Waals surface area contributed by atoms with Crippen LogP contribution in [-0.4, -0.2) is 16.9 Å². The zero-order valence-corrected chi connectivity index (χ0v) is 13.5. The van der Waals surface area contributed by atoms with E-state index in [4.69, 9.17) is 0 Å². The number of rotatable bonds is 6. The molecule has 1 aliphatic rings. The van der Waals surface area contributed by atoms with E-state index < -0.39 is 11.4 Å². The minimum Gasteiger partial charge on any atom is -0.481 e. The van der Waals surface area contributed by atoms with Gasteiger partial charge in [-0.05, 0) is 44.8 Å². The predicted molar refractivity (Wildman–Crippen MR) is 85.1 cm³/mol. The van der Waals surface area contributed by atoms with Gasteiger partial charge in [0.15, 0.2) is 5.78 Å². The summed E-state index contributed by atoms with van der Waals surface area (Å²) in [6.07, 6.45) is 9.92. The van der Waals surface area contributed by atoms with E-state index in [9.17, 15) is 14.7 Å². The fourth-order valence-corrected chi connectivity index (χ4v) is 2.60. The normalized spacial score (nSPS) is 24.0. The van der Waals surface area contributed by atoms with Gasteiger partial charge in [-0.15, -0.1) is 0 Å². The highest BCUT2D eigenvalue weighted by Gasteiger charge is 2.41. The number of ketones is 1. The Hall–Kier alpha value is -1.64. The Labute approximate surface area is 127 Å². The van der Waals surface area contributed by atoms with Crippen LogP contribution in [0.5, 0.6) is 0 Å². The van der Waals surface area contributed by atoms with Gasteiger partial charge in [0.2, 0.25) is 0 Å². The highest BCUT2D eigenvalue weighted by molar-refractivity contribution is 6.00. The number of carboxylic acid groups (broad SMARTS) is 1. The number of hydrogen-bond acceptors (Lipinski definition) is 2. The van der Waals surface area contributed by atoms with Crippen molar-refractivity contribution in [2.45, 2.75) is 59.8 Å². The highest BCUT2D eigenvalue weighted by Crippen LogP contribution is 2.40. The molecule has 0 radical (unpaired) electrons. The van der Waals surface area contributed by atoms with Crippen LogP contribution < -0.4 is 0 Å². The van der Waals surface area contributed by atoms with Gasteiger partial charge in [-0.1, -0.05) is 43.6 Å². The first-order valence-electron chi connectivity index (χ1n) is 7.65. The lowest BCUT2D eigenvalue weighted by Crippen LogP contribution is -2.34. The van der Waals surface area contributed by atoms with Gasteiger partial charge in [-0.3, -0.25) is 9.59 Å². The second kappa shape index (κ2) is 7.39. The molecule has 0 heterocycles. The first kappa shape index (κ1) is 17.4. The van der Waals surface area contributed by atoms with Crippen LogP contribution in [-0.2, 0) is 9.59 Å². The Bertz CT molecular complexity index is 509. The van der Waals surface area contributed by atoms with Crippen molar-refractivity contribution in [3.05, 3.63) is 34.9 Å². The topological polar surface area (TPSA) is 54.4 Å². The molecule has 1 aliphatic carbocycles. The molecule has 1 rings (SSSR count). The molecule has 0 aliphatic heterocycles. The third-order valence-electron chi connectivity index (χ3n) is 4.28. The van der Waals surface area contributed by atoms with E-state index in [2.05, 4.69) is 13.0 Å². The number of hydrogen-bond donors (Lipinski definition) is 1. The maximum atomic E-state index is 11.9. The molecule has 3 heteroatoms. The largest absolute Gasteiger partial charge is 0.481 e. The van der Waals surface area contributed by atoms with Crippen LogP contribution in [0.2, 0.25) is 0 Å². The molecule has 0 bridgehead atoms. The number of Topliss-reactive ketones (excluding diaryl/α,β-unsaturated/α-hetero) is 1. The van der Waals surface area contributed by atoms with Crippen LogP contribution >= 0.6 is 0 Å². The third-order valence-corrected chi connectivity index (χ3v) is 4.28. The second-order valence-electron chi connectivity index (χ2n) is 6.02. The van der Waals surface area contributed by atoms with Crippen molar-refractivity contribution < 1.29 is 14.7 Å². The molecular formula is C18H26O3. The molecule has 0 aromatic carbocycles. The van der Waals surface area contributed by atoms with Crippen molar-refractivity contribution in [1.29, 1.82) is 0 Å². The van der Waals surface area contributed by atoms with E-state index in [-0.39, 0.29) is 5.78 Å². The van der Waals surface area contributed by atoms with Gasteiger partial charge >= 0.3 is 5.97 Å². The molecule has 0 spiro atoms. The Morgan fingerprint density at radius 3 is 2.67 bits per heavy atom. The zero-order chi connectivity index (χ0) is 16.0. The molecule has 0 amide bonds. The van der Waals surface area contributed by atoms with Crippen molar-refractivity contribution in [3.63, 3.8) is 0 Å². The standard InChI is InChI=1S/C18H26O3/c1-5-6-7-8-13(2)9-10-15-14(3)16(19)11-12-18(15,4)17(20)21/h8-10H,5-7,11-12H2,1-4H3,(H,20,21)/b10-9+,13-8+/t18-/m0/s1. The van der Waals surface area contributed by atoms with Crippen LogP contribution in [0.1, 0.15) is 59.8 Å². The van der Waals surface area contributed by atoms with E-state index in [1.54, 1.807) is 13.8 Å². The van der Waals surface area contributed by atoms with Crippen LogP contribution in [0.4, 0.5) is 0 Å². The lowest BCUT2D eigenvalue weighted by molar-refractivity contribution is -0.146. The van der Waals surface area contributed by atoms with E-state index in [1.807, 2.05) is 19.1 Å². The summed E-state index contributed by atoms with van der Waals surface area (Å²) < 4.78 is 0. The summed E-state index contributed by atoms with van der Waals surface area (Å²) in [5.41, 5.74) is 1.38. The molecule has 3 nitrogen and oxygen atoms in total. The molecule has 0 fully saturated rings. The molecule has 0 aromatic rings. The minimum absolute atomic E-state index is 0.0565. The first-order valence-corrected chi connectivity index (χ1v) is 7.65. The van der Waals surface area contributed by atoms with Crippen molar-refractivity contribution >= 4 is 11.8 Å². The molecule has 1 atom stereocenters. The van der Waals surface area contributed by atoms with Crippen LogP contribution in [0.3, 0.4) is 0 Å². The maximum Gasteiger partial charge on any atom is 0.313 e. The van der Waals surface area contributed by atoms with Crippen molar-refractivity contribution in [3.8, 4) is 0 Å². The summed E-state index contributed by atoms with van der Waals surface area (Å²) in [6, 6.07) is 0. The van der Waals surface area contributed by atoms with Crippen molar-refractivity contribution in [1.82, 2.24) is 0 Å². The smallest absolute Gasteiger partial charge is 0.313 e. The summed E-state index contributed by atoms with van der Waals surface area (Å²) in [5, 5.41) is 9.52. The molecule has 116 valence electrons. The monoisotopic (exact) mass is 290 g/mol. The zero-order valence-electron chi connectivity index (χ0n) is 13.5. The van der Waals surface area contributed by atoms with Gasteiger partial charge in [-0.2, -0.15) is 0 Å². The average Bonchev–Trinajstić information content (AvgIpc) is 2.43. The summed E-state index contributed by atoms with van der Waals surface area (Å²) in [6.45, 7) is 7.60. The van der Waals surface area contributed by atoms with Crippen LogP contribution in [0.25, 0.3) is 0 Å². The predicted octanol–water partition coefficient (Wildman–Crippen LogP) is 4.45. The third kappa shape index (κ3) is 4.16. The lowest BCUT2D eigenvalue weighted by Gasteiger charge is -2.31. The lowest BCUT2D eigenvalue weighted by atomic mass is 9.70. The molecule has 21 heavy (non-hydrogen) atoms. The van der Waals surface area contributed by atoms with Gasteiger partial charge in [0.1, 0.15) is 0 Å². The molecule has 0 saturated heterocycles. The van der Waals surface area contributed by atoms with Gasteiger partial charge in [-0.25, -0.2) is 0 Å². The highest BCUT2D eigenvalue weighted by atomic mass is 16.4. The number of carboxylic acids is 1. The van der Waals surface area contributed by atoms with Gasteiger partial charge < -0.3 is 5.11 Å². The Balaban J connectivity index is 3.05.